The van der Waals surface area contributed by atoms with Gasteiger partial charge in [-0.1, -0.05) is 0 Å². The average molecular weight is 318 g/mol. The third-order valence-corrected chi connectivity index (χ3v) is 5.50. The Balaban J connectivity index is 2.28. The number of anilines is 1. The van der Waals surface area contributed by atoms with Crippen LogP contribution in [-0.2, 0) is 14.8 Å². The van der Waals surface area contributed by atoms with Crippen LogP contribution in [0.2, 0.25) is 0 Å². The first-order valence-corrected chi connectivity index (χ1v) is 8.00. The van der Waals surface area contributed by atoms with Gasteiger partial charge >= 0.3 is 0 Å². The van der Waals surface area contributed by atoms with Crippen molar-refractivity contribution in [2.45, 2.75) is 23.8 Å². The summed E-state index contributed by atoms with van der Waals surface area (Å²) in [4.78, 5) is -0.158. The van der Waals surface area contributed by atoms with Gasteiger partial charge in [-0.05, 0) is 25.0 Å². The second-order valence-corrected chi connectivity index (χ2v) is 6.80. The maximum absolute atomic E-state index is 13.8. The zero-order valence-corrected chi connectivity index (χ0v) is 12.8. The minimum absolute atomic E-state index is 0.0390. The molecule has 8 heteroatoms. The van der Waals surface area contributed by atoms with E-state index in [1.54, 1.807) is 7.11 Å². The first-order valence-electron chi connectivity index (χ1n) is 6.56. The Hall–Kier alpha value is -1.38. The van der Waals surface area contributed by atoms with E-state index in [0.29, 0.717) is 25.9 Å². The van der Waals surface area contributed by atoms with Crippen LogP contribution in [0, 0.1) is 5.82 Å². The highest BCUT2D eigenvalue weighted by Crippen LogP contribution is 2.30. The fraction of sp³-hybridized carbons (Fsp3) is 0.538. The number of benzene rings is 1. The summed E-state index contributed by atoms with van der Waals surface area (Å²) in [5.74, 6) is -0.935. The molecule has 1 aromatic carbocycles. The summed E-state index contributed by atoms with van der Waals surface area (Å²) in [6.45, 7) is 0.683. The molecule has 6 nitrogen and oxygen atoms in total. The van der Waals surface area contributed by atoms with Gasteiger partial charge in [0.2, 0.25) is 10.0 Å². The maximum atomic E-state index is 13.8. The summed E-state index contributed by atoms with van der Waals surface area (Å²) < 4.78 is 50.2. The molecule has 1 aliphatic rings. The van der Waals surface area contributed by atoms with Crippen molar-refractivity contribution in [3.63, 3.8) is 0 Å². The lowest BCUT2D eigenvalue weighted by atomic mass is 10.1. The third kappa shape index (κ3) is 3.12. The molecule has 1 aliphatic heterocycles. The number of nitrogens with zero attached hydrogens (tertiary/aromatic N) is 1. The lowest BCUT2D eigenvalue weighted by molar-refractivity contribution is 0.0604. The molecule has 0 aliphatic carbocycles. The van der Waals surface area contributed by atoms with E-state index < -0.39 is 15.8 Å². The molecule has 0 bridgehead atoms. The van der Waals surface area contributed by atoms with Crippen LogP contribution in [0.4, 0.5) is 10.1 Å². The van der Waals surface area contributed by atoms with Crippen LogP contribution in [0.5, 0.6) is 5.75 Å². The van der Waals surface area contributed by atoms with Crippen LogP contribution >= 0.6 is 0 Å². The number of ether oxygens (including phenoxy) is 2. The van der Waals surface area contributed by atoms with E-state index in [0.717, 1.165) is 6.07 Å². The van der Waals surface area contributed by atoms with Crippen molar-refractivity contribution in [2.75, 3.05) is 33.0 Å². The second-order valence-electron chi connectivity index (χ2n) is 4.87. The zero-order chi connectivity index (χ0) is 15.6. The van der Waals surface area contributed by atoms with Gasteiger partial charge in [0.1, 0.15) is 0 Å². The van der Waals surface area contributed by atoms with Crippen LogP contribution in [0.25, 0.3) is 0 Å². The molecule has 2 rings (SSSR count). The van der Waals surface area contributed by atoms with Gasteiger partial charge in [-0.3, -0.25) is 0 Å². The van der Waals surface area contributed by atoms with Crippen molar-refractivity contribution in [1.29, 1.82) is 0 Å². The standard InChI is InChI=1S/C13H19FN2O4S/c1-19-9-3-5-16(6-4-9)21(17,18)10-7-11(14)13(20-2)12(15)8-10/h7-9H,3-6,15H2,1-2H3. The Bertz CT molecular complexity index is 590. The third-order valence-electron chi connectivity index (χ3n) is 3.62. The molecule has 0 saturated carbocycles. The predicted molar refractivity (Wildman–Crippen MR) is 76.2 cm³/mol. The maximum Gasteiger partial charge on any atom is 0.243 e. The molecule has 0 unspecified atom stereocenters. The molecule has 0 radical (unpaired) electrons. The Morgan fingerprint density at radius 2 is 1.90 bits per heavy atom. The molecule has 0 spiro atoms. The lowest BCUT2D eigenvalue weighted by Crippen LogP contribution is -2.40. The highest BCUT2D eigenvalue weighted by atomic mass is 32.2. The molecule has 0 aromatic heterocycles. The fourth-order valence-electron chi connectivity index (χ4n) is 2.41. The second kappa shape index (κ2) is 6.17. The summed E-state index contributed by atoms with van der Waals surface area (Å²) >= 11 is 0. The van der Waals surface area contributed by atoms with Gasteiger partial charge in [0, 0.05) is 20.2 Å². The Morgan fingerprint density at radius 1 is 1.29 bits per heavy atom. The number of nitrogen functional groups attached to an aromatic ring is 1. The predicted octanol–water partition coefficient (Wildman–Crippen LogP) is 1.22. The number of halogens is 1. The number of hydrogen-bond acceptors (Lipinski definition) is 5. The number of methoxy groups -OCH3 is 2. The Labute approximate surface area is 123 Å². The van der Waals surface area contributed by atoms with E-state index in [9.17, 15) is 12.8 Å². The Kier molecular flexibility index (Phi) is 4.70. The van der Waals surface area contributed by atoms with Crippen molar-refractivity contribution >= 4 is 15.7 Å². The summed E-state index contributed by atoms with van der Waals surface area (Å²) in [6, 6.07) is 2.16. The molecule has 2 N–H and O–H groups in total. The van der Waals surface area contributed by atoms with Crippen molar-refractivity contribution in [3.05, 3.63) is 17.9 Å². The molecule has 21 heavy (non-hydrogen) atoms. The fourth-order valence-corrected chi connectivity index (χ4v) is 3.93. The largest absolute Gasteiger partial charge is 0.492 e. The first-order chi connectivity index (χ1) is 9.90. The number of piperidine rings is 1. The lowest BCUT2D eigenvalue weighted by Gasteiger charge is -2.30. The smallest absolute Gasteiger partial charge is 0.243 e. The van der Waals surface area contributed by atoms with E-state index in [1.807, 2.05) is 0 Å². The highest BCUT2D eigenvalue weighted by Gasteiger charge is 2.30. The minimum Gasteiger partial charge on any atom is -0.492 e. The van der Waals surface area contributed by atoms with E-state index in [2.05, 4.69) is 0 Å². The summed E-state index contributed by atoms with van der Waals surface area (Å²) in [6.07, 6.45) is 1.29. The van der Waals surface area contributed by atoms with Crippen molar-refractivity contribution in [1.82, 2.24) is 4.31 Å². The highest BCUT2D eigenvalue weighted by molar-refractivity contribution is 7.89. The molecule has 1 saturated heterocycles. The van der Waals surface area contributed by atoms with E-state index >= 15 is 0 Å². The van der Waals surface area contributed by atoms with Gasteiger partial charge in [0.05, 0.1) is 23.8 Å². The number of nitrogens with two attached hydrogens (primary N) is 1. The molecule has 1 fully saturated rings. The first kappa shape index (κ1) is 16.0. The molecule has 0 amide bonds. The normalized spacial score (nSPS) is 17.9. The average Bonchev–Trinajstić information content (AvgIpc) is 2.47. The Morgan fingerprint density at radius 3 is 2.38 bits per heavy atom. The van der Waals surface area contributed by atoms with Crippen LogP contribution in [0.1, 0.15) is 12.8 Å². The van der Waals surface area contributed by atoms with Crippen molar-refractivity contribution < 1.29 is 22.3 Å². The molecule has 118 valence electrons. The zero-order valence-electron chi connectivity index (χ0n) is 12.0. The van der Waals surface area contributed by atoms with E-state index in [1.165, 1.54) is 17.5 Å². The molecule has 0 atom stereocenters. The quantitative estimate of drug-likeness (QED) is 0.844. The van der Waals surface area contributed by atoms with Crippen molar-refractivity contribution in [3.8, 4) is 5.75 Å². The van der Waals surface area contributed by atoms with Crippen LogP contribution in [0.15, 0.2) is 17.0 Å². The minimum atomic E-state index is -3.76. The number of sulfonamides is 1. The molecular weight excluding hydrogens is 299 g/mol. The molecule has 1 aromatic rings. The molecular formula is C13H19FN2O4S. The monoisotopic (exact) mass is 318 g/mol. The number of hydrogen-bond donors (Lipinski definition) is 1. The SMILES string of the molecule is COc1c(N)cc(S(=O)(=O)N2CCC(OC)CC2)cc1F. The van der Waals surface area contributed by atoms with Gasteiger partial charge in [0.15, 0.2) is 11.6 Å². The van der Waals surface area contributed by atoms with Gasteiger partial charge in [0.25, 0.3) is 0 Å². The molecule has 1 heterocycles. The summed E-state index contributed by atoms with van der Waals surface area (Å²) in [5, 5.41) is 0. The summed E-state index contributed by atoms with van der Waals surface area (Å²) in [7, 11) is -0.880. The summed E-state index contributed by atoms with van der Waals surface area (Å²) in [5.41, 5.74) is 5.60. The van der Waals surface area contributed by atoms with Crippen LogP contribution in [-0.4, -0.2) is 46.1 Å². The van der Waals surface area contributed by atoms with Crippen molar-refractivity contribution in [2.24, 2.45) is 0 Å². The van der Waals surface area contributed by atoms with Gasteiger partial charge in [-0.25, -0.2) is 12.8 Å². The van der Waals surface area contributed by atoms with E-state index in [4.69, 9.17) is 15.2 Å². The number of rotatable bonds is 4. The van der Waals surface area contributed by atoms with Crippen LogP contribution < -0.4 is 10.5 Å². The van der Waals surface area contributed by atoms with Gasteiger partial charge in [-0.15, -0.1) is 0 Å². The topological polar surface area (TPSA) is 81.9 Å². The van der Waals surface area contributed by atoms with Crippen LogP contribution in [0.3, 0.4) is 0 Å². The van der Waals surface area contributed by atoms with E-state index in [-0.39, 0.29) is 22.4 Å². The van der Waals surface area contributed by atoms with Gasteiger partial charge in [-0.2, -0.15) is 4.31 Å². The van der Waals surface area contributed by atoms with Gasteiger partial charge < -0.3 is 15.2 Å².